The second-order valence-electron chi connectivity index (χ2n) is 3.73. The molecule has 0 amide bonds. The van der Waals surface area contributed by atoms with Crippen LogP contribution in [-0.2, 0) is 0 Å². The summed E-state index contributed by atoms with van der Waals surface area (Å²) in [5, 5.41) is 10.8. The Morgan fingerprint density at radius 3 is 2.64 bits per heavy atom. The van der Waals surface area contributed by atoms with Crippen molar-refractivity contribution in [2.45, 2.75) is 19.8 Å². The molecule has 14 heavy (non-hydrogen) atoms. The summed E-state index contributed by atoms with van der Waals surface area (Å²) >= 11 is 0. The summed E-state index contributed by atoms with van der Waals surface area (Å²) in [5.74, 6) is 0.599. The van der Waals surface area contributed by atoms with E-state index in [1.165, 1.54) is 6.20 Å². The minimum absolute atomic E-state index is 0.290. The lowest BCUT2D eigenvalue weighted by Crippen LogP contribution is -1.92. The number of rotatable bonds is 1. The van der Waals surface area contributed by atoms with Crippen molar-refractivity contribution >= 4 is 10.9 Å². The predicted molar refractivity (Wildman–Crippen MR) is 57.5 cm³/mol. The van der Waals surface area contributed by atoms with E-state index in [-0.39, 0.29) is 0 Å². The van der Waals surface area contributed by atoms with Crippen LogP contribution in [0.15, 0.2) is 30.5 Å². The molecule has 2 rings (SSSR count). The number of aromatic nitrogens is 1. The van der Waals surface area contributed by atoms with Gasteiger partial charge < -0.3 is 5.11 Å². The Morgan fingerprint density at radius 1 is 1.21 bits per heavy atom. The fourth-order valence-electron chi connectivity index (χ4n) is 1.76. The molecule has 0 aliphatic rings. The van der Waals surface area contributed by atoms with Crippen LogP contribution >= 0.6 is 0 Å². The van der Waals surface area contributed by atoms with Gasteiger partial charge in [0.25, 0.3) is 0 Å². The summed E-state index contributed by atoms with van der Waals surface area (Å²) in [7, 11) is 0. The van der Waals surface area contributed by atoms with E-state index in [4.69, 9.17) is 0 Å². The Balaban J connectivity index is 2.83. The number of benzene rings is 1. The summed E-state index contributed by atoms with van der Waals surface area (Å²) < 4.78 is 0. The first kappa shape index (κ1) is 9.00. The van der Waals surface area contributed by atoms with Crippen LogP contribution in [0.25, 0.3) is 10.9 Å². The zero-order valence-corrected chi connectivity index (χ0v) is 8.36. The zero-order valence-electron chi connectivity index (χ0n) is 8.36. The van der Waals surface area contributed by atoms with Gasteiger partial charge in [-0.2, -0.15) is 0 Å². The normalized spacial score (nSPS) is 11.1. The topological polar surface area (TPSA) is 33.1 Å². The molecule has 0 fully saturated rings. The minimum atomic E-state index is 0.290. The Hall–Kier alpha value is -1.57. The molecule has 0 radical (unpaired) electrons. The van der Waals surface area contributed by atoms with Gasteiger partial charge in [-0.05, 0) is 12.0 Å². The van der Waals surface area contributed by atoms with Gasteiger partial charge in [0.05, 0.1) is 11.7 Å². The average Bonchev–Trinajstić information content (AvgIpc) is 2.17. The number of hydrogen-bond acceptors (Lipinski definition) is 2. The zero-order chi connectivity index (χ0) is 10.1. The van der Waals surface area contributed by atoms with Crippen LogP contribution in [0.2, 0.25) is 0 Å². The quantitative estimate of drug-likeness (QED) is 0.744. The maximum Gasteiger partial charge on any atom is 0.137 e. The molecule has 0 saturated heterocycles. The SMILES string of the molecule is CC(C)c1c(O)cnc2ccccc12. The van der Waals surface area contributed by atoms with E-state index < -0.39 is 0 Å². The fourth-order valence-corrected chi connectivity index (χ4v) is 1.76. The lowest BCUT2D eigenvalue weighted by atomic mass is 9.98. The third-order valence-electron chi connectivity index (χ3n) is 2.37. The Kier molecular flexibility index (Phi) is 2.12. The molecule has 0 bridgehead atoms. The van der Waals surface area contributed by atoms with Crippen molar-refractivity contribution in [2.75, 3.05) is 0 Å². The van der Waals surface area contributed by atoms with Crippen LogP contribution in [0.1, 0.15) is 25.3 Å². The van der Waals surface area contributed by atoms with Crippen LogP contribution in [0.4, 0.5) is 0 Å². The molecule has 0 unspecified atom stereocenters. The van der Waals surface area contributed by atoms with Gasteiger partial charge in [-0.15, -0.1) is 0 Å². The van der Waals surface area contributed by atoms with Gasteiger partial charge in [0.1, 0.15) is 5.75 Å². The first-order valence-corrected chi connectivity index (χ1v) is 4.76. The Labute approximate surface area is 83.2 Å². The van der Waals surface area contributed by atoms with Gasteiger partial charge in [-0.3, -0.25) is 4.98 Å². The summed E-state index contributed by atoms with van der Waals surface area (Å²) in [4.78, 5) is 4.17. The third kappa shape index (κ3) is 1.33. The monoisotopic (exact) mass is 187 g/mol. The summed E-state index contributed by atoms with van der Waals surface area (Å²) in [6, 6.07) is 7.88. The molecule has 1 aromatic carbocycles. The number of hydrogen-bond donors (Lipinski definition) is 1. The van der Waals surface area contributed by atoms with E-state index in [2.05, 4.69) is 18.8 Å². The number of aromatic hydroxyl groups is 1. The third-order valence-corrected chi connectivity index (χ3v) is 2.37. The number of nitrogens with zero attached hydrogens (tertiary/aromatic N) is 1. The van der Waals surface area contributed by atoms with Gasteiger partial charge >= 0.3 is 0 Å². The van der Waals surface area contributed by atoms with Crippen molar-refractivity contribution in [3.63, 3.8) is 0 Å². The summed E-state index contributed by atoms with van der Waals surface area (Å²) in [6.07, 6.45) is 1.53. The van der Waals surface area contributed by atoms with Crippen LogP contribution in [-0.4, -0.2) is 10.1 Å². The maximum atomic E-state index is 9.72. The highest BCUT2D eigenvalue weighted by Crippen LogP contribution is 2.31. The molecule has 2 nitrogen and oxygen atoms in total. The molecule has 0 spiro atoms. The van der Waals surface area contributed by atoms with E-state index in [1.54, 1.807) is 0 Å². The van der Waals surface area contributed by atoms with Gasteiger partial charge in [0.2, 0.25) is 0 Å². The standard InChI is InChI=1S/C12H13NO/c1-8(2)12-9-5-3-4-6-10(9)13-7-11(12)14/h3-8,14H,1-2H3. The van der Waals surface area contributed by atoms with Crippen LogP contribution < -0.4 is 0 Å². The van der Waals surface area contributed by atoms with Crippen molar-refractivity contribution in [3.05, 3.63) is 36.0 Å². The van der Waals surface area contributed by atoms with Gasteiger partial charge in [-0.1, -0.05) is 32.0 Å². The van der Waals surface area contributed by atoms with Crippen molar-refractivity contribution in [1.82, 2.24) is 4.98 Å². The lowest BCUT2D eigenvalue weighted by Gasteiger charge is -2.10. The molecule has 72 valence electrons. The fraction of sp³-hybridized carbons (Fsp3) is 0.250. The molecule has 0 atom stereocenters. The van der Waals surface area contributed by atoms with Gasteiger partial charge in [-0.25, -0.2) is 0 Å². The van der Waals surface area contributed by atoms with Crippen LogP contribution in [0.3, 0.4) is 0 Å². The summed E-state index contributed by atoms with van der Waals surface area (Å²) in [6.45, 7) is 4.14. The van der Waals surface area contributed by atoms with E-state index in [0.29, 0.717) is 11.7 Å². The molecule has 0 aliphatic carbocycles. The molecule has 2 heteroatoms. The van der Waals surface area contributed by atoms with Crippen molar-refractivity contribution in [2.24, 2.45) is 0 Å². The first-order valence-electron chi connectivity index (χ1n) is 4.76. The van der Waals surface area contributed by atoms with Crippen molar-refractivity contribution < 1.29 is 5.11 Å². The van der Waals surface area contributed by atoms with Crippen LogP contribution in [0, 0.1) is 0 Å². The van der Waals surface area contributed by atoms with Gasteiger partial charge in [0.15, 0.2) is 0 Å². The molecule has 1 heterocycles. The highest BCUT2D eigenvalue weighted by molar-refractivity contribution is 5.84. The van der Waals surface area contributed by atoms with E-state index >= 15 is 0 Å². The smallest absolute Gasteiger partial charge is 0.137 e. The van der Waals surface area contributed by atoms with E-state index in [0.717, 1.165) is 16.5 Å². The molecule has 0 aliphatic heterocycles. The van der Waals surface area contributed by atoms with E-state index in [1.807, 2.05) is 24.3 Å². The number of para-hydroxylation sites is 1. The van der Waals surface area contributed by atoms with Crippen molar-refractivity contribution in [1.29, 1.82) is 0 Å². The summed E-state index contributed by atoms with van der Waals surface area (Å²) in [5.41, 5.74) is 1.92. The first-order chi connectivity index (χ1) is 6.70. The highest BCUT2D eigenvalue weighted by Gasteiger charge is 2.10. The van der Waals surface area contributed by atoms with Crippen molar-refractivity contribution in [3.8, 4) is 5.75 Å². The largest absolute Gasteiger partial charge is 0.506 e. The Bertz CT molecular complexity index is 463. The average molecular weight is 187 g/mol. The Morgan fingerprint density at radius 2 is 1.93 bits per heavy atom. The predicted octanol–water partition coefficient (Wildman–Crippen LogP) is 3.06. The number of pyridine rings is 1. The molecule has 1 N–H and O–H groups in total. The minimum Gasteiger partial charge on any atom is -0.506 e. The second-order valence-corrected chi connectivity index (χ2v) is 3.73. The second kappa shape index (κ2) is 3.29. The molecule has 2 aromatic rings. The number of fused-ring (bicyclic) bond motifs is 1. The van der Waals surface area contributed by atoms with Gasteiger partial charge in [0, 0.05) is 10.9 Å². The molecule has 1 aromatic heterocycles. The maximum absolute atomic E-state index is 9.72. The van der Waals surface area contributed by atoms with E-state index in [9.17, 15) is 5.11 Å². The van der Waals surface area contributed by atoms with Crippen LogP contribution in [0.5, 0.6) is 5.75 Å². The molecular formula is C12H13NO. The molecule has 0 saturated carbocycles. The lowest BCUT2D eigenvalue weighted by molar-refractivity contribution is 0.464. The highest BCUT2D eigenvalue weighted by atomic mass is 16.3. The molecular weight excluding hydrogens is 174 g/mol.